The molecule has 1 aromatic rings. The molecule has 0 spiro atoms. The van der Waals surface area contributed by atoms with E-state index in [0.29, 0.717) is 6.54 Å². The first-order valence-electron chi connectivity index (χ1n) is 5.28. The Kier molecular flexibility index (Phi) is 4.86. The fourth-order valence-electron chi connectivity index (χ4n) is 1.59. The molecule has 0 aromatic heterocycles. The Bertz CT molecular complexity index is 372. The van der Waals surface area contributed by atoms with Gasteiger partial charge in [0.05, 0.1) is 14.2 Å². The summed E-state index contributed by atoms with van der Waals surface area (Å²) in [6.45, 7) is 2.66. The molecule has 88 valence electrons. The summed E-state index contributed by atoms with van der Waals surface area (Å²) in [6, 6.07) is 5.95. The average molecular weight is 221 g/mol. The third-order valence-corrected chi connectivity index (χ3v) is 2.40. The zero-order chi connectivity index (χ0) is 12.0. The molecule has 0 saturated heterocycles. The molecule has 1 rings (SSSR count). The Balaban J connectivity index is 2.87. The summed E-state index contributed by atoms with van der Waals surface area (Å²) < 4.78 is 10.4. The third-order valence-electron chi connectivity index (χ3n) is 2.40. The topological polar surface area (TPSA) is 44.5 Å². The fraction of sp³-hybridized carbons (Fsp3) is 0.385. The van der Waals surface area contributed by atoms with E-state index < -0.39 is 0 Å². The summed E-state index contributed by atoms with van der Waals surface area (Å²) in [5.74, 6) is 1.52. The van der Waals surface area contributed by atoms with Crippen molar-refractivity contribution in [3.8, 4) is 11.5 Å². The van der Waals surface area contributed by atoms with Gasteiger partial charge in [-0.15, -0.1) is 0 Å². The predicted molar refractivity (Wildman–Crippen MR) is 66.1 cm³/mol. The van der Waals surface area contributed by atoms with E-state index in [0.717, 1.165) is 17.9 Å². The van der Waals surface area contributed by atoms with Crippen molar-refractivity contribution in [1.82, 2.24) is 0 Å². The van der Waals surface area contributed by atoms with Gasteiger partial charge in [0.25, 0.3) is 0 Å². The Morgan fingerprint density at radius 1 is 1.25 bits per heavy atom. The van der Waals surface area contributed by atoms with Crippen LogP contribution in [-0.4, -0.2) is 20.8 Å². The lowest BCUT2D eigenvalue weighted by Gasteiger charge is -2.09. The van der Waals surface area contributed by atoms with Crippen molar-refractivity contribution >= 4 is 0 Å². The maximum absolute atomic E-state index is 5.46. The number of ether oxygens (including phenoxy) is 2. The number of nitrogens with two attached hydrogens (primary N) is 1. The second kappa shape index (κ2) is 6.18. The van der Waals surface area contributed by atoms with Gasteiger partial charge in [-0.3, -0.25) is 0 Å². The van der Waals surface area contributed by atoms with E-state index in [2.05, 4.69) is 6.92 Å². The Hall–Kier alpha value is -1.48. The van der Waals surface area contributed by atoms with Crippen LogP contribution in [0.1, 0.15) is 12.5 Å². The van der Waals surface area contributed by atoms with Crippen molar-refractivity contribution < 1.29 is 9.47 Å². The minimum Gasteiger partial charge on any atom is -0.493 e. The first-order chi connectivity index (χ1) is 7.71. The molecule has 0 bridgehead atoms. The number of benzene rings is 1. The van der Waals surface area contributed by atoms with Crippen molar-refractivity contribution in [3.05, 3.63) is 35.4 Å². The van der Waals surface area contributed by atoms with E-state index in [1.807, 2.05) is 24.3 Å². The van der Waals surface area contributed by atoms with Crippen LogP contribution in [0.5, 0.6) is 11.5 Å². The molecule has 0 atom stereocenters. The van der Waals surface area contributed by atoms with Gasteiger partial charge in [-0.1, -0.05) is 17.7 Å². The summed E-state index contributed by atoms with van der Waals surface area (Å²) in [4.78, 5) is 0. The lowest BCUT2D eigenvalue weighted by Crippen LogP contribution is -1.97. The van der Waals surface area contributed by atoms with Gasteiger partial charge in [-0.25, -0.2) is 0 Å². The highest BCUT2D eigenvalue weighted by Gasteiger charge is 2.04. The molecule has 0 aliphatic rings. The van der Waals surface area contributed by atoms with Crippen LogP contribution in [0.15, 0.2) is 29.8 Å². The van der Waals surface area contributed by atoms with E-state index in [4.69, 9.17) is 15.2 Å². The molecule has 0 amide bonds. The molecule has 0 unspecified atom stereocenters. The molecule has 1 aromatic carbocycles. The van der Waals surface area contributed by atoms with Crippen LogP contribution in [-0.2, 0) is 6.42 Å². The standard InChI is InChI=1S/C13H19NO2/c1-10(6-7-14)8-11-4-5-12(15-2)13(9-11)16-3/h4-6,9H,7-8,14H2,1-3H3. The van der Waals surface area contributed by atoms with Crippen molar-refractivity contribution in [3.63, 3.8) is 0 Å². The van der Waals surface area contributed by atoms with E-state index in [1.165, 1.54) is 11.1 Å². The molecule has 3 heteroatoms. The average Bonchev–Trinajstić information content (AvgIpc) is 2.29. The molecule has 0 saturated carbocycles. The SMILES string of the molecule is COc1ccc(CC(C)=CCN)cc1OC. The first-order valence-corrected chi connectivity index (χ1v) is 5.28. The lowest BCUT2D eigenvalue weighted by atomic mass is 10.1. The molecule has 3 nitrogen and oxygen atoms in total. The van der Waals surface area contributed by atoms with Gasteiger partial charge in [0.15, 0.2) is 11.5 Å². The van der Waals surface area contributed by atoms with Gasteiger partial charge in [-0.2, -0.15) is 0 Å². The fourth-order valence-corrected chi connectivity index (χ4v) is 1.59. The van der Waals surface area contributed by atoms with Gasteiger partial charge < -0.3 is 15.2 Å². The summed E-state index contributed by atoms with van der Waals surface area (Å²) in [5, 5.41) is 0. The predicted octanol–water partition coefficient (Wildman–Crippen LogP) is 2.15. The monoisotopic (exact) mass is 221 g/mol. The molecule has 0 heterocycles. The van der Waals surface area contributed by atoms with E-state index >= 15 is 0 Å². The van der Waals surface area contributed by atoms with Crippen molar-refractivity contribution in [1.29, 1.82) is 0 Å². The highest BCUT2D eigenvalue weighted by Crippen LogP contribution is 2.28. The molecule has 2 N–H and O–H groups in total. The van der Waals surface area contributed by atoms with Crippen molar-refractivity contribution in [2.45, 2.75) is 13.3 Å². The van der Waals surface area contributed by atoms with E-state index in [-0.39, 0.29) is 0 Å². The highest BCUT2D eigenvalue weighted by atomic mass is 16.5. The summed E-state index contributed by atoms with van der Waals surface area (Å²) >= 11 is 0. The maximum Gasteiger partial charge on any atom is 0.160 e. The van der Waals surface area contributed by atoms with Crippen molar-refractivity contribution in [2.75, 3.05) is 20.8 Å². The van der Waals surface area contributed by atoms with Crippen LogP contribution in [0, 0.1) is 0 Å². The van der Waals surface area contributed by atoms with Crippen LogP contribution < -0.4 is 15.2 Å². The van der Waals surface area contributed by atoms with Crippen LogP contribution in [0.3, 0.4) is 0 Å². The number of allylic oxidation sites excluding steroid dienone is 1. The van der Waals surface area contributed by atoms with Gasteiger partial charge in [0, 0.05) is 6.54 Å². The van der Waals surface area contributed by atoms with Crippen molar-refractivity contribution in [2.24, 2.45) is 5.73 Å². The Labute approximate surface area is 96.9 Å². The highest BCUT2D eigenvalue weighted by molar-refractivity contribution is 5.43. The van der Waals surface area contributed by atoms with Gasteiger partial charge in [0.1, 0.15) is 0 Å². The minimum atomic E-state index is 0.582. The molecule has 16 heavy (non-hydrogen) atoms. The van der Waals surface area contributed by atoms with Crippen LogP contribution >= 0.6 is 0 Å². The Morgan fingerprint density at radius 3 is 2.50 bits per heavy atom. The van der Waals surface area contributed by atoms with Crippen LogP contribution in [0.2, 0.25) is 0 Å². The summed E-state index contributed by atoms with van der Waals surface area (Å²) in [6.07, 6.45) is 2.91. The van der Waals surface area contributed by atoms with Crippen LogP contribution in [0.25, 0.3) is 0 Å². The van der Waals surface area contributed by atoms with Crippen LogP contribution in [0.4, 0.5) is 0 Å². The minimum absolute atomic E-state index is 0.582. The quantitative estimate of drug-likeness (QED) is 0.775. The number of methoxy groups -OCH3 is 2. The lowest BCUT2D eigenvalue weighted by molar-refractivity contribution is 0.354. The number of hydrogen-bond donors (Lipinski definition) is 1. The van der Waals surface area contributed by atoms with Gasteiger partial charge in [-0.05, 0) is 31.0 Å². The molecular weight excluding hydrogens is 202 g/mol. The molecule has 0 aliphatic carbocycles. The molecule has 0 aliphatic heterocycles. The molecular formula is C13H19NO2. The number of hydrogen-bond acceptors (Lipinski definition) is 3. The van der Waals surface area contributed by atoms with Gasteiger partial charge in [0.2, 0.25) is 0 Å². The Morgan fingerprint density at radius 2 is 1.94 bits per heavy atom. The largest absolute Gasteiger partial charge is 0.493 e. The van der Waals surface area contributed by atoms with E-state index in [9.17, 15) is 0 Å². The van der Waals surface area contributed by atoms with E-state index in [1.54, 1.807) is 14.2 Å². The molecule has 0 fully saturated rings. The smallest absolute Gasteiger partial charge is 0.160 e. The zero-order valence-corrected chi connectivity index (χ0v) is 10.1. The maximum atomic E-state index is 5.46. The van der Waals surface area contributed by atoms with Gasteiger partial charge >= 0.3 is 0 Å². The second-order valence-electron chi connectivity index (χ2n) is 3.65. The zero-order valence-electron chi connectivity index (χ0n) is 10.1. The summed E-state index contributed by atoms with van der Waals surface area (Å²) in [7, 11) is 3.28. The third kappa shape index (κ3) is 3.28. The second-order valence-corrected chi connectivity index (χ2v) is 3.65. The number of rotatable bonds is 5. The normalized spacial score (nSPS) is 11.4. The molecule has 0 radical (unpaired) electrons. The summed E-state index contributed by atoms with van der Waals surface area (Å²) in [5.41, 5.74) is 7.92. The first kappa shape index (κ1) is 12.6.